The van der Waals surface area contributed by atoms with Crippen molar-refractivity contribution in [2.24, 2.45) is 5.73 Å². The van der Waals surface area contributed by atoms with Crippen molar-refractivity contribution in [3.05, 3.63) is 0 Å². The second kappa shape index (κ2) is 6.57. The van der Waals surface area contributed by atoms with E-state index in [0.717, 1.165) is 0 Å². The van der Waals surface area contributed by atoms with Crippen molar-refractivity contribution in [2.45, 2.75) is 39.3 Å². The van der Waals surface area contributed by atoms with Crippen LogP contribution in [0.3, 0.4) is 0 Å². The predicted molar refractivity (Wildman–Crippen MR) is 58.2 cm³/mol. The van der Waals surface area contributed by atoms with Gasteiger partial charge in [0.25, 0.3) is 11.9 Å². The molecule has 6 heteroatoms. The molecule has 0 aromatic rings. The van der Waals surface area contributed by atoms with Crippen LogP contribution >= 0.6 is 0 Å². The molecule has 15 heavy (non-hydrogen) atoms. The summed E-state index contributed by atoms with van der Waals surface area (Å²) in [6.07, 6.45) is 0.695. The summed E-state index contributed by atoms with van der Waals surface area (Å²) in [5.41, 5.74) is 5.39. The lowest BCUT2D eigenvalue weighted by atomic mass is 10.5. The number of rotatable bonds is 6. The highest BCUT2D eigenvalue weighted by Crippen LogP contribution is 2.21. The van der Waals surface area contributed by atoms with E-state index in [1.165, 1.54) is 13.8 Å². The average molecular weight is 233 g/mol. The van der Waals surface area contributed by atoms with E-state index in [-0.39, 0.29) is 0 Å². The van der Waals surface area contributed by atoms with E-state index in [9.17, 15) is 9.59 Å². The zero-order valence-corrected chi connectivity index (χ0v) is 10.5. The molecule has 5 nitrogen and oxygen atoms in total. The van der Waals surface area contributed by atoms with Crippen molar-refractivity contribution in [3.8, 4) is 0 Å². The molecule has 0 unspecified atom stereocenters. The van der Waals surface area contributed by atoms with Gasteiger partial charge in [-0.15, -0.1) is 0 Å². The Kier molecular flexibility index (Phi) is 6.19. The van der Waals surface area contributed by atoms with E-state index in [1.54, 1.807) is 0 Å². The molecule has 88 valence electrons. The SMILES string of the molecule is CC[Si](CCCN)(OC(C)=O)OC(C)=O. The summed E-state index contributed by atoms with van der Waals surface area (Å²) in [6.45, 7) is 5.00. The van der Waals surface area contributed by atoms with E-state index in [4.69, 9.17) is 14.6 Å². The average Bonchev–Trinajstić information content (AvgIpc) is 2.12. The molecule has 0 rings (SSSR count). The normalized spacial score (nSPS) is 10.9. The minimum Gasteiger partial charge on any atom is -0.485 e. The molecule has 0 radical (unpaired) electrons. The quantitative estimate of drug-likeness (QED) is 0.690. The first kappa shape index (κ1) is 14.1. The van der Waals surface area contributed by atoms with Gasteiger partial charge in [-0.25, -0.2) is 0 Å². The van der Waals surface area contributed by atoms with Crippen LogP contribution in [-0.2, 0) is 18.4 Å². The third-order valence-electron chi connectivity index (χ3n) is 1.96. The fourth-order valence-corrected chi connectivity index (χ4v) is 4.02. The molecule has 0 aliphatic rings. The highest BCUT2D eigenvalue weighted by molar-refractivity contribution is 6.70. The van der Waals surface area contributed by atoms with Gasteiger partial charge in [0.05, 0.1) is 0 Å². The van der Waals surface area contributed by atoms with E-state index in [1.807, 2.05) is 6.92 Å². The Bertz CT molecular complexity index is 216. The van der Waals surface area contributed by atoms with Crippen LogP contribution in [0.15, 0.2) is 0 Å². The topological polar surface area (TPSA) is 78.6 Å². The molecule has 0 amide bonds. The zero-order chi connectivity index (χ0) is 11.9. The van der Waals surface area contributed by atoms with Crippen molar-refractivity contribution in [3.63, 3.8) is 0 Å². The lowest BCUT2D eigenvalue weighted by Gasteiger charge is -2.27. The van der Waals surface area contributed by atoms with Crippen LogP contribution in [0, 0.1) is 0 Å². The van der Waals surface area contributed by atoms with Gasteiger partial charge in [-0.2, -0.15) is 0 Å². The Morgan fingerprint density at radius 3 is 1.93 bits per heavy atom. The van der Waals surface area contributed by atoms with Crippen LogP contribution in [0.5, 0.6) is 0 Å². The molecule has 2 N–H and O–H groups in total. The Balaban J connectivity index is 4.58. The molecule has 0 atom stereocenters. The lowest BCUT2D eigenvalue weighted by Crippen LogP contribution is -2.44. The molecule has 0 heterocycles. The molecule has 0 aliphatic carbocycles. The van der Waals surface area contributed by atoms with Crippen molar-refractivity contribution in [1.82, 2.24) is 0 Å². The summed E-state index contributed by atoms with van der Waals surface area (Å²) in [7, 11) is -2.70. The highest BCUT2D eigenvalue weighted by Gasteiger charge is 2.41. The van der Waals surface area contributed by atoms with Gasteiger partial charge in [-0.05, 0) is 13.0 Å². The maximum Gasteiger partial charge on any atom is 0.463 e. The fourth-order valence-electron chi connectivity index (χ4n) is 1.34. The molecule has 0 saturated carbocycles. The summed E-state index contributed by atoms with van der Waals surface area (Å²) in [4.78, 5) is 21.9. The minimum atomic E-state index is -2.70. The molecule has 0 aromatic heterocycles. The first-order valence-electron chi connectivity index (χ1n) is 5.05. The molecule has 0 saturated heterocycles. The molecule has 0 fully saturated rings. The summed E-state index contributed by atoms with van der Waals surface area (Å²) in [5, 5.41) is 0. The second-order valence-electron chi connectivity index (χ2n) is 3.34. The number of carbonyl (C=O) groups excluding carboxylic acids is 2. The van der Waals surface area contributed by atoms with E-state index in [0.29, 0.717) is 25.1 Å². The molecule has 0 aliphatic heterocycles. The molecule has 0 bridgehead atoms. The van der Waals surface area contributed by atoms with E-state index < -0.39 is 20.5 Å². The van der Waals surface area contributed by atoms with Crippen LogP contribution in [0.1, 0.15) is 27.2 Å². The van der Waals surface area contributed by atoms with Gasteiger partial charge in [0.2, 0.25) is 0 Å². The third-order valence-corrected chi connectivity index (χ3v) is 5.47. The summed E-state index contributed by atoms with van der Waals surface area (Å²) >= 11 is 0. The fraction of sp³-hybridized carbons (Fsp3) is 0.778. The molecular formula is C9H19NO4Si. The first-order valence-corrected chi connectivity index (χ1v) is 7.28. The predicted octanol–water partition coefficient (Wildman–Crippen LogP) is 0.924. The van der Waals surface area contributed by atoms with Crippen LogP contribution in [0.4, 0.5) is 0 Å². The molecule has 0 aromatic carbocycles. The molecular weight excluding hydrogens is 214 g/mol. The standard InChI is InChI=1S/C9H19NO4Si/c1-4-15(7-5-6-10,13-8(2)11)14-9(3)12/h4-7,10H2,1-3H3. The van der Waals surface area contributed by atoms with E-state index in [2.05, 4.69) is 0 Å². The van der Waals surface area contributed by atoms with Crippen LogP contribution in [0.25, 0.3) is 0 Å². The summed E-state index contributed by atoms with van der Waals surface area (Å²) in [5.74, 6) is -0.802. The Morgan fingerprint density at radius 1 is 1.20 bits per heavy atom. The van der Waals surface area contributed by atoms with Crippen molar-refractivity contribution < 1.29 is 18.4 Å². The van der Waals surface area contributed by atoms with Gasteiger partial charge < -0.3 is 14.6 Å². The Morgan fingerprint density at radius 2 is 1.67 bits per heavy atom. The Labute approximate surface area is 91.2 Å². The third kappa shape index (κ3) is 5.53. The smallest absolute Gasteiger partial charge is 0.463 e. The zero-order valence-electron chi connectivity index (χ0n) is 9.54. The van der Waals surface area contributed by atoms with Gasteiger partial charge >= 0.3 is 8.56 Å². The van der Waals surface area contributed by atoms with Gasteiger partial charge in [0, 0.05) is 25.9 Å². The number of nitrogens with two attached hydrogens (primary N) is 1. The first-order chi connectivity index (χ1) is 6.95. The van der Waals surface area contributed by atoms with Crippen molar-refractivity contribution >= 4 is 20.5 Å². The number of carbonyl (C=O) groups is 2. The van der Waals surface area contributed by atoms with Gasteiger partial charge in [0.1, 0.15) is 0 Å². The van der Waals surface area contributed by atoms with E-state index >= 15 is 0 Å². The second-order valence-corrected chi connectivity index (χ2v) is 6.78. The summed E-state index contributed by atoms with van der Waals surface area (Å²) in [6, 6.07) is 1.13. The van der Waals surface area contributed by atoms with Gasteiger partial charge in [0.15, 0.2) is 0 Å². The Hall–Kier alpha value is -0.883. The number of hydrogen-bond donors (Lipinski definition) is 1. The largest absolute Gasteiger partial charge is 0.485 e. The highest BCUT2D eigenvalue weighted by atomic mass is 28.4. The van der Waals surface area contributed by atoms with Gasteiger partial charge in [-0.3, -0.25) is 9.59 Å². The monoisotopic (exact) mass is 233 g/mol. The maximum atomic E-state index is 11.0. The van der Waals surface area contributed by atoms with Crippen LogP contribution < -0.4 is 5.73 Å². The van der Waals surface area contributed by atoms with Crippen LogP contribution in [0.2, 0.25) is 12.1 Å². The summed E-state index contributed by atoms with van der Waals surface area (Å²) < 4.78 is 10.4. The lowest BCUT2D eigenvalue weighted by molar-refractivity contribution is -0.139. The van der Waals surface area contributed by atoms with Gasteiger partial charge in [-0.1, -0.05) is 6.92 Å². The minimum absolute atomic E-state index is 0.401. The number of hydrogen-bond acceptors (Lipinski definition) is 5. The molecule has 0 spiro atoms. The van der Waals surface area contributed by atoms with Crippen LogP contribution in [-0.4, -0.2) is 27.0 Å². The maximum absolute atomic E-state index is 11.0. The van der Waals surface area contributed by atoms with Crippen molar-refractivity contribution in [2.75, 3.05) is 6.54 Å². The van der Waals surface area contributed by atoms with Crippen molar-refractivity contribution in [1.29, 1.82) is 0 Å².